The molecule has 1 aromatic rings. The summed E-state index contributed by atoms with van der Waals surface area (Å²) < 4.78 is 0. The van der Waals surface area contributed by atoms with Crippen LogP contribution in [0.1, 0.15) is 31.9 Å². The highest BCUT2D eigenvalue weighted by atomic mass is 35.5. The molecule has 0 aliphatic carbocycles. The SMILES string of the molecule is CC(C)(CCl)C(=O)N1N=CCC1c1ccccc1. The lowest BCUT2D eigenvalue weighted by Gasteiger charge is -2.29. The van der Waals surface area contributed by atoms with E-state index in [2.05, 4.69) is 5.10 Å². The van der Waals surface area contributed by atoms with Crippen LogP contribution in [0.4, 0.5) is 0 Å². The topological polar surface area (TPSA) is 32.7 Å². The van der Waals surface area contributed by atoms with Crippen LogP contribution in [-0.4, -0.2) is 23.0 Å². The summed E-state index contributed by atoms with van der Waals surface area (Å²) in [6.45, 7) is 3.69. The molecule has 1 aliphatic heterocycles. The Balaban J connectivity index is 2.23. The lowest BCUT2D eigenvalue weighted by atomic mass is 9.93. The molecule has 0 radical (unpaired) electrons. The number of nitrogens with zero attached hydrogens (tertiary/aromatic N) is 2. The quantitative estimate of drug-likeness (QED) is 0.772. The highest BCUT2D eigenvalue weighted by molar-refractivity contribution is 6.19. The summed E-state index contributed by atoms with van der Waals surface area (Å²) in [5, 5.41) is 5.77. The number of hydrogen-bond donors (Lipinski definition) is 0. The Hall–Kier alpha value is -1.35. The van der Waals surface area contributed by atoms with E-state index in [-0.39, 0.29) is 11.9 Å². The molecule has 18 heavy (non-hydrogen) atoms. The average molecular weight is 265 g/mol. The predicted molar refractivity (Wildman–Crippen MR) is 73.6 cm³/mol. The average Bonchev–Trinajstić information content (AvgIpc) is 2.87. The van der Waals surface area contributed by atoms with Gasteiger partial charge in [0.2, 0.25) is 5.91 Å². The van der Waals surface area contributed by atoms with Gasteiger partial charge in [-0.05, 0) is 19.4 Å². The molecule has 1 aliphatic rings. The van der Waals surface area contributed by atoms with Gasteiger partial charge in [-0.1, -0.05) is 30.3 Å². The van der Waals surface area contributed by atoms with E-state index in [0.29, 0.717) is 5.88 Å². The maximum atomic E-state index is 12.4. The minimum Gasteiger partial charge on any atom is -0.272 e. The lowest BCUT2D eigenvalue weighted by Crippen LogP contribution is -2.39. The van der Waals surface area contributed by atoms with E-state index in [1.54, 1.807) is 11.2 Å². The van der Waals surface area contributed by atoms with Crippen LogP contribution in [0.15, 0.2) is 35.4 Å². The van der Waals surface area contributed by atoms with Gasteiger partial charge in [-0.2, -0.15) is 5.10 Å². The third-order valence-corrected chi connectivity index (χ3v) is 3.80. The fraction of sp³-hybridized carbons (Fsp3) is 0.429. The van der Waals surface area contributed by atoms with Crippen LogP contribution < -0.4 is 0 Å². The zero-order valence-corrected chi connectivity index (χ0v) is 11.4. The molecule has 3 nitrogen and oxygen atoms in total. The molecule has 0 fully saturated rings. The van der Waals surface area contributed by atoms with Gasteiger partial charge >= 0.3 is 0 Å². The van der Waals surface area contributed by atoms with E-state index >= 15 is 0 Å². The van der Waals surface area contributed by atoms with E-state index in [0.717, 1.165) is 12.0 Å². The van der Waals surface area contributed by atoms with Crippen molar-refractivity contribution in [2.45, 2.75) is 26.3 Å². The fourth-order valence-electron chi connectivity index (χ4n) is 1.93. The summed E-state index contributed by atoms with van der Waals surface area (Å²) in [5.41, 5.74) is 0.518. The van der Waals surface area contributed by atoms with Crippen molar-refractivity contribution in [3.05, 3.63) is 35.9 Å². The highest BCUT2D eigenvalue weighted by Crippen LogP contribution is 2.32. The van der Waals surface area contributed by atoms with Gasteiger partial charge in [-0.15, -0.1) is 11.6 Å². The van der Waals surface area contributed by atoms with Crippen LogP contribution >= 0.6 is 11.6 Å². The summed E-state index contributed by atoms with van der Waals surface area (Å²) in [4.78, 5) is 12.4. The van der Waals surface area contributed by atoms with Gasteiger partial charge in [0, 0.05) is 18.5 Å². The Morgan fingerprint density at radius 3 is 2.72 bits per heavy atom. The number of rotatable bonds is 3. The monoisotopic (exact) mass is 264 g/mol. The second kappa shape index (κ2) is 5.11. The minimum atomic E-state index is -0.587. The Morgan fingerprint density at radius 2 is 2.11 bits per heavy atom. The summed E-state index contributed by atoms with van der Waals surface area (Å²) in [6.07, 6.45) is 2.55. The molecule has 0 bridgehead atoms. The number of carbonyl (C=O) groups is 1. The molecule has 0 N–H and O–H groups in total. The van der Waals surface area contributed by atoms with E-state index in [1.807, 2.05) is 44.2 Å². The maximum absolute atomic E-state index is 12.4. The van der Waals surface area contributed by atoms with Crippen molar-refractivity contribution < 1.29 is 4.79 Å². The van der Waals surface area contributed by atoms with Crippen LogP contribution in [0.2, 0.25) is 0 Å². The smallest absolute Gasteiger partial charge is 0.250 e. The normalized spacial score (nSPS) is 19.3. The van der Waals surface area contributed by atoms with Gasteiger partial charge in [-0.25, -0.2) is 5.01 Å². The molecule has 1 atom stereocenters. The largest absolute Gasteiger partial charge is 0.272 e. The number of amides is 1. The minimum absolute atomic E-state index is 0.00110. The molecule has 96 valence electrons. The predicted octanol–water partition coefficient (Wildman–Crippen LogP) is 3.21. The molecule has 1 unspecified atom stereocenters. The van der Waals surface area contributed by atoms with Crippen LogP contribution in [0.25, 0.3) is 0 Å². The zero-order chi connectivity index (χ0) is 13.2. The van der Waals surface area contributed by atoms with Crippen LogP contribution in [0.3, 0.4) is 0 Å². The Bertz CT molecular complexity index is 456. The lowest BCUT2D eigenvalue weighted by molar-refractivity contribution is -0.141. The second-order valence-electron chi connectivity index (χ2n) is 5.13. The van der Waals surface area contributed by atoms with E-state index in [9.17, 15) is 4.79 Å². The van der Waals surface area contributed by atoms with Gasteiger partial charge in [0.25, 0.3) is 0 Å². The molecule has 2 rings (SSSR count). The van der Waals surface area contributed by atoms with Gasteiger partial charge in [-0.3, -0.25) is 4.79 Å². The fourth-order valence-corrected chi connectivity index (χ4v) is 2.04. The van der Waals surface area contributed by atoms with Crippen molar-refractivity contribution >= 4 is 23.7 Å². The third-order valence-electron chi connectivity index (χ3n) is 3.14. The van der Waals surface area contributed by atoms with Crippen molar-refractivity contribution in [1.29, 1.82) is 0 Å². The van der Waals surface area contributed by atoms with Gasteiger partial charge in [0.1, 0.15) is 0 Å². The number of halogens is 1. The first-order valence-electron chi connectivity index (χ1n) is 6.03. The highest BCUT2D eigenvalue weighted by Gasteiger charge is 2.37. The van der Waals surface area contributed by atoms with Crippen molar-refractivity contribution in [1.82, 2.24) is 5.01 Å². The standard InChI is InChI=1S/C14H17ClN2O/c1-14(2,10-15)13(18)17-12(8-9-16-17)11-6-4-3-5-7-11/h3-7,9,12H,8,10H2,1-2H3. The first-order valence-corrected chi connectivity index (χ1v) is 6.57. The van der Waals surface area contributed by atoms with E-state index in [1.165, 1.54) is 0 Å². The van der Waals surface area contributed by atoms with Crippen molar-refractivity contribution in [2.24, 2.45) is 10.5 Å². The van der Waals surface area contributed by atoms with Crippen LogP contribution in [0, 0.1) is 5.41 Å². The number of benzene rings is 1. The molecule has 0 saturated carbocycles. The summed E-state index contributed by atoms with van der Waals surface area (Å²) in [7, 11) is 0. The molecular weight excluding hydrogens is 248 g/mol. The first-order chi connectivity index (χ1) is 8.56. The van der Waals surface area contributed by atoms with Crippen molar-refractivity contribution in [3.8, 4) is 0 Å². The van der Waals surface area contributed by atoms with Crippen molar-refractivity contribution in [3.63, 3.8) is 0 Å². The third kappa shape index (κ3) is 2.41. The molecule has 0 aromatic heterocycles. The molecule has 4 heteroatoms. The molecule has 1 amide bonds. The van der Waals surface area contributed by atoms with E-state index in [4.69, 9.17) is 11.6 Å². The van der Waals surface area contributed by atoms with Crippen molar-refractivity contribution in [2.75, 3.05) is 5.88 Å². The number of hydrazone groups is 1. The Kier molecular flexibility index (Phi) is 3.71. The van der Waals surface area contributed by atoms with Gasteiger partial charge < -0.3 is 0 Å². The second-order valence-corrected chi connectivity index (χ2v) is 5.39. The summed E-state index contributed by atoms with van der Waals surface area (Å²) >= 11 is 5.86. The molecule has 0 spiro atoms. The molecular formula is C14H17ClN2O. The van der Waals surface area contributed by atoms with Crippen LogP contribution in [0.5, 0.6) is 0 Å². The number of hydrogen-bond acceptors (Lipinski definition) is 2. The Labute approximate surface area is 112 Å². The summed E-state index contributed by atoms with van der Waals surface area (Å²) in [6, 6.07) is 9.96. The first kappa shape index (κ1) is 13.1. The maximum Gasteiger partial charge on any atom is 0.250 e. The Morgan fingerprint density at radius 1 is 1.44 bits per heavy atom. The zero-order valence-electron chi connectivity index (χ0n) is 10.6. The molecule has 0 saturated heterocycles. The van der Waals surface area contributed by atoms with E-state index < -0.39 is 5.41 Å². The molecule has 1 aromatic carbocycles. The number of carbonyl (C=O) groups excluding carboxylic acids is 1. The van der Waals surface area contributed by atoms with Gasteiger partial charge in [0.05, 0.1) is 11.5 Å². The molecule has 1 heterocycles. The summed E-state index contributed by atoms with van der Waals surface area (Å²) in [5.74, 6) is 0.263. The number of alkyl halides is 1. The van der Waals surface area contributed by atoms with Crippen LogP contribution in [-0.2, 0) is 4.79 Å². The van der Waals surface area contributed by atoms with Gasteiger partial charge in [0.15, 0.2) is 0 Å².